The van der Waals surface area contributed by atoms with E-state index in [1.54, 1.807) is 24.3 Å². The molecule has 5 heteroatoms. The highest BCUT2D eigenvalue weighted by atomic mass is 35.5. The van der Waals surface area contributed by atoms with Crippen LogP contribution in [0.25, 0.3) is 0 Å². The molecule has 0 aliphatic rings. The van der Waals surface area contributed by atoms with Crippen molar-refractivity contribution in [3.05, 3.63) is 63.4 Å². The Labute approximate surface area is 127 Å². The third-order valence-corrected chi connectivity index (χ3v) is 3.42. The summed E-state index contributed by atoms with van der Waals surface area (Å²) >= 11 is 11.8. The zero-order valence-corrected chi connectivity index (χ0v) is 12.4. The minimum atomic E-state index is -0.380. The zero-order valence-electron chi connectivity index (χ0n) is 10.9. The van der Waals surface area contributed by atoms with Gasteiger partial charge in [-0.05, 0) is 31.3 Å². The highest BCUT2D eigenvalue weighted by Gasteiger charge is 2.09. The largest absolute Gasteiger partial charge is 0.488 e. The molecule has 20 heavy (non-hydrogen) atoms. The Bertz CT molecular complexity index is 604. The van der Waals surface area contributed by atoms with Gasteiger partial charge in [-0.2, -0.15) is 0 Å². The molecule has 0 aliphatic carbocycles. The monoisotopic (exact) mass is 313 g/mol. The van der Waals surface area contributed by atoms with Gasteiger partial charge in [0, 0.05) is 27.7 Å². The number of hydrogen-bond acceptors (Lipinski definition) is 2. The van der Waals surface area contributed by atoms with E-state index in [0.29, 0.717) is 27.9 Å². The standard InChI is InChI=1S/C15H14Cl2FNO/c1-19-8-12-13(17)3-2-4-15(12)20-9-10-5-6-11(16)7-14(10)18/h2-7,19H,8-9H2,1H3. The third-order valence-electron chi connectivity index (χ3n) is 2.83. The Balaban J connectivity index is 2.16. The number of rotatable bonds is 5. The number of nitrogens with one attached hydrogen (secondary N) is 1. The van der Waals surface area contributed by atoms with Crippen LogP contribution in [0.5, 0.6) is 5.75 Å². The van der Waals surface area contributed by atoms with Crippen molar-refractivity contribution in [3.63, 3.8) is 0 Å². The van der Waals surface area contributed by atoms with Gasteiger partial charge in [0.25, 0.3) is 0 Å². The lowest BCUT2D eigenvalue weighted by molar-refractivity contribution is 0.296. The van der Waals surface area contributed by atoms with Crippen LogP contribution in [0, 0.1) is 5.82 Å². The maximum Gasteiger partial charge on any atom is 0.131 e. The molecule has 0 aliphatic heterocycles. The maximum absolute atomic E-state index is 13.7. The number of benzene rings is 2. The molecule has 0 fully saturated rings. The molecule has 0 spiro atoms. The molecule has 0 aromatic heterocycles. The Morgan fingerprint density at radius 2 is 2.00 bits per heavy atom. The molecule has 2 nitrogen and oxygen atoms in total. The van der Waals surface area contributed by atoms with Gasteiger partial charge < -0.3 is 10.1 Å². The second-order valence-electron chi connectivity index (χ2n) is 4.27. The Hall–Kier alpha value is -1.29. The third kappa shape index (κ3) is 3.63. The van der Waals surface area contributed by atoms with E-state index in [1.807, 2.05) is 13.1 Å². The Morgan fingerprint density at radius 1 is 1.20 bits per heavy atom. The minimum Gasteiger partial charge on any atom is -0.488 e. The predicted octanol–water partition coefficient (Wildman–Crippen LogP) is 4.43. The number of hydrogen-bond donors (Lipinski definition) is 1. The molecule has 0 saturated carbocycles. The van der Waals surface area contributed by atoms with Crippen molar-refractivity contribution < 1.29 is 9.13 Å². The first kappa shape index (κ1) is 15.1. The lowest BCUT2D eigenvalue weighted by atomic mass is 10.2. The lowest BCUT2D eigenvalue weighted by Gasteiger charge is -2.13. The van der Waals surface area contributed by atoms with Crippen LogP contribution in [0.2, 0.25) is 10.0 Å². The van der Waals surface area contributed by atoms with Crippen LogP contribution in [0.1, 0.15) is 11.1 Å². The highest BCUT2D eigenvalue weighted by Crippen LogP contribution is 2.27. The second-order valence-corrected chi connectivity index (χ2v) is 5.11. The second kappa shape index (κ2) is 6.93. The fraction of sp³-hybridized carbons (Fsp3) is 0.200. The first-order valence-electron chi connectivity index (χ1n) is 6.10. The van der Waals surface area contributed by atoms with E-state index in [4.69, 9.17) is 27.9 Å². The summed E-state index contributed by atoms with van der Waals surface area (Å²) in [4.78, 5) is 0. The van der Waals surface area contributed by atoms with E-state index in [0.717, 1.165) is 5.56 Å². The summed E-state index contributed by atoms with van der Waals surface area (Å²) in [5.41, 5.74) is 1.30. The number of halogens is 3. The molecular weight excluding hydrogens is 300 g/mol. The van der Waals surface area contributed by atoms with Gasteiger partial charge in [-0.25, -0.2) is 4.39 Å². The summed E-state index contributed by atoms with van der Waals surface area (Å²) in [7, 11) is 1.83. The van der Waals surface area contributed by atoms with Crippen LogP contribution in [0.4, 0.5) is 4.39 Å². The van der Waals surface area contributed by atoms with E-state index in [9.17, 15) is 4.39 Å². The van der Waals surface area contributed by atoms with Crippen molar-refractivity contribution >= 4 is 23.2 Å². The fourth-order valence-corrected chi connectivity index (χ4v) is 2.21. The summed E-state index contributed by atoms with van der Waals surface area (Å²) in [6.45, 7) is 0.707. The summed E-state index contributed by atoms with van der Waals surface area (Å²) in [6.07, 6.45) is 0. The normalized spacial score (nSPS) is 10.6. The summed E-state index contributed by atoms with van der Waals surface area (Å²) in [6, 6.07) is 9.92. The number of ether oxygens (including phenoxy) is 1. The van der Waals surface area contributed by atoms with Gasteiger partial charge in [-0.3, -0.25) is 0 Å². The smallest absolute Gasteiger partial charge is 0.131 e. The topological polar surface area (TPSA) is 21.3 Å². The van der Waals surface area contributed by atoms with Crippen molar-refractivity contribution in [2.75, 3.05) is 7.05 Å². The van der Waals surface area contributed by atoms with E-state index in [2.05, 4.69) is 5.32 Å². The summed E-state index contributed by atoms with van der Waals surface area (Å²) < 4.78 is 19.3. The quantitative estimate of drug-likeness (QED) is 0.881. The zero-order chi connectivity index (χ0) is 14.5. The van der Waals surface area contributed by atoms with Crippen molar-refractivity contribution in [2.24, 2.45) is 0 Å². The molecule has 106 valence electrons. The minimum absolute atomic E-state index is 0.125. The Kier molecular flexibility index (Phi) is 5.24. The van der Waals surface area contributed by atoms with Crippen molar-refractivity contribution in [3.8, 4) is 5.75 Å². The lowest BCUT2D eigenvalue weighted by Crippen LogP contribution is -2.08. The molecule has 0 saturated heterocycles. The molecule has 0 heterocycles. The molecule has 0 unspecified atom stereocenters. The van der Waals surface area contributed by atoms with Crippen molar-refractivity contribution in [1.29, 1.82) is 0 Å². The molecule has 0 amide bonds. The van der Waals surface area contributed by atoms with Gasteiger partial charge in [0.2, 0.25) is 0 Å². The summed E-state index contributed by atoms with van der Waals surface area (Å²) in [5, 5.41) is 4.01. The molecule has 2 rings (SSSR count). The molecule has 2 aromatic carbocycles. The summed E-state index contributed by atoms with van der Waals surface area (Å²) in [5.74, 6) is 0.260. The van der Waals surface area contributed by atoms with Gasteiger partial charge in [0.15, 0.2) is 0 Å². The van der Waals surface area contributed by atoms with E-state index in [-0.39, 0.29) is 12.4 Å². The first-order valence-corrected chi connectivity index (χ1v) is 6.86. The van der Waals surface area contributed by atoms with E-state index < -0.39 is 0 Å². The van der Waals surface area contributed by atoms with E-state index >= 15 is 0 Å². The SMILES string of the molecule is CNCc1c(Cl)cccc1OCc1ccc(Cl)cc1F. The van der Waals surface area contributed by atoms with Gasteiger partial charge in [-0.1, -0.05) is 35.3 Å². The van der Waals surface area contributed by atoms with Crippen molar-refractivity contribution in [1.82, 2.24) is 5.32 Å². The molecule has 0 atom stereocenters. The highest BCUT2D eigenvalue weighted by molar-refractivity contribution is 6.31. The molecular formula is C15H14Cl2FNO. The van der Waals surface area contributed by atoms with Crippen LogP contribution in [0.3, 0.4) is 0 Å². The average molecular weight is 314 g/mol. The fourth-order valence-electron chi connectivity index (χ4n) is 1.82. The van der Waals surface area contributed by atoms with E-state index in [1.165, 1.54) is 6.07 Å². The molecule has 0 bridgehead atoms. The maximum atomic E-state index is 13.7. The average Bonchev–Trinajstić information content (AvgIpc) is 2.41. The Morgan fingerprint density at radius 3 is 2.70 bits per heavy atom. The van der Waals surface area contributed by atoms with Crippen LogP contribution in [-0.2, 0) is 13.2 Å². The van der Waals surface area contributed by atoms with Crippen LogP contribution in [0.15, 0.2) is 36.4 Å². The van der Waals surface area contributed by atoms with Gasteiger partial charge in [0.1, 0.15) is 18.2 Å². The first-order chi connectivity index (χ1) is 9.61. The predicted molar refractivity (Wildman–Crippen MR) is 80.0 cm³/mol. The molecule has 2 aromatic rings. The van der Waals surface area contributed by atoms with Gasteiger partial charge in [-0.15, -0.1) is 0 Å². The van der Waals surface area contributed by atoms with Crippen LogP contribution in [-0.4, -0.2) is 7.05 Å². The van der Waals surface area contributed by atoms with Gasteiger partial charge >= 0.3 is 0 Å². The van der Waals surface area contributed by atoms with Crippen molar-refractivity contribution in [2.45, 2.75) is 13.2 Å². The molecule has 0 radical (unpaired) electrons. The van der Waals surface area contributed by atoms with Gasteiger partial charge in [0.05, 0.1) is 0 Å². The van der Waals surface area contributed by atoms with Crippen LogP contribution >= 0.6 is 23.2 Å². The van der Waals surface area contributed by atoms with Crippen LogP contribution < -0.4 is 10.1 Å². The molecule has 1 N–H and O–H groups in total.